The highest BCUT2D eigenvalue weighted by molar-refractivity contribution is 5.97. The summed E-state index contributed by atoms with van der Waals surface area (Å²) in [6, 6.07) is 8.93. The van der Waals surface area contributed by atoms with Crippen LogP contribution >= 0.6 is 0 Å². The second kappa shape index (κ2) is 6.96. The van der Waals surface area contributed by atoms with Crippen molar-refractivity contribution in [3.05, 3.63) is 58.1 Å². The fourth-order valence-electron chi connectivity index (χ4n) is 2.28. The first-order chi connectivity index (χ1) is 10.9. The predicted molar refractivity (Wildman–Crippen MR) is 90.4 cm³/mol. The first-order valence-electron chi connectivity index (χ1n) is 7.20. The molecule has 2 aromatic carbocycles. The zero-order valence-corrected chi connectivity index (χ0v) is 13.7. The minimum absolute atomic E-state index is 0.274. The van der Waals surface area contributed by atoms with Crippen LogP contribution in [0.2, 0.25) is 0 Å². The molecule has 1 amide bonds. The number of aromatic hydroxyl groups is 1. The van der Waals surface area contributed by atoms with Crippen molar-refractivity contribution in [1.29, 1.82) is 0 Å². The summed E-state index contributed by atoms with van der Waals surface area (Å²) in [6.45, 7) is 5.56. The Morgan fingerprint density at radius 3 is 2.43 bits per heavy atom. The van der Waals surface area contributed by atoms with Crippen LogP contribution in [0.3, 0.4) is 0 Å². The number of phenolic OH excluding ortho intramolecular Hbond substituents is 1. The largest absolute Gasteiger partial charge is 0.507 e. The van der Waals surface area contributed by atoms with Gasteiger partial charge in [0.2, 0.25) is 0 Å². The van der Waals surface area contributed by atoms with Crippen molar-refractivity contribution in [1.82, 2.24) is 5.43 Å². The van der Waals surface area contributed by atoms with Gasteiger partial charge in [0.05, 0.1) is 18.9 Å². The van der Waals surface area contributed by atoms with E-state index in [0.29, 0.717) is 11.3 Å². The SMILES string of the molecule is COc1cc(C)ccc1C(=O)N/N=C/c1cc(C)c(O)c(C)c1. The number of nitrogens with one attached hydrogen (secondary N) is 1. The minimum atomic E-state index is -0.342. The maximum atomic E-state index is 12.2. The first kappa shape index (κ1) is 16.5. The smallest absolute Gasteiger partial charge is 0.275 e. The van der Waals surface area contributed by atoms with Crippen molar-refractivity contribution < 1.29 is 14.6 Å². The van der Waals surface area contributed by atoms with Gasteiger partial charge in [0, 0.05) is 0 Å². The molecule has 2 rings (SSSR count). The van der Waals surface area contributed by atoms with Gasteiger partial charge in [-0.05, 0) is 67.3 Å². The number of ether oxygens (including phenoxy) is 1. The number of carbonyl (C=O) groups excluding carboxylic acids is 1. The molecule has 0 spiro atoms. The van der Waals surface area contributed by atoms with Crippen LogP contribution in [0.15, 0.2) is 35.4 Å². The predicted octanol–water partition coefficient (Wildman–Crippen LogP) is 3.09. The van der Waals surface area contributed by atoms with E-state index in [-0.39, 0.29) is 11.7 Å². The molecule has 0 aliphatic rings. The van der Waals surface area contributed by atoms with E-state index in [0.717, 1.165) is 22.3 Å². The van der Waals surface area contributed by atoms with Crippen molar-refractivity contribution in [2.75, 3.05) is 7.11 Å². The van der Waals surface area contributed by atoms with Gasteiger partial charge in [0.15, 0.2) is 0 Å². The number of nitrogens with zero attached hydrogens (tertiary/aromatic N) is 1. The summed E-state index contributed by atoms with van der Waals surface area (Å²) in [5, 5.41) is 13.7. The number of phenols is 1. The topological polar surface area (TPSA) is 70.9 Å². The zero-order chi connectivity index (χ0) is 17.0. The average Bonchev–Trinajstić information content (AvgIpc) is 2.52. The van der Waals surface area contributed by atoms with Crippen LogP contribution in [0.4, 0.5) is 0 Å². The first-order valence-corrected chi connectivity index (χ1v) is 7.20. The normalized spacial score (nSPS) is 10.8. The summed E-state index contributed by atoms with van der Waals surface area (Å²) in [4.78, 5) is 12.2. The number of hydrazone groups is 1. The lowest BCUT2D eigenvalue weighted by Crippen LogP contribution is -2.18. The molecule has 5 nitrogen and oxygen atoms in total. The third-order valence-electron chi connectivity index (χ3n) is 3.49. The molecule has 120 valence electrons. The van der Waals surface area contributed by atoms with Gasteiger partial charge in [0.25, 0.3) is 5.91 Å². The van der Waals surface area contributed by atoms with E-state index >= 15 is 0 Å². The summed E-state index contributed by atoms with van der Waals surface area (Å²) >= 11 is 0. The molecular formula is C18H20N2O3. The summed E-state index contributed by atoms with van der Waals surface area (Å²) in [7, 11) is 1.52. The van der Waals surface area contributed by atoms with Gasteiger partial charge in [-0.1, -0.05) is 6.07 Å². The fourth-order valence-corrected chi connectivity index (χ4v) is 2.28. The van der Waals surface area contributed by atoms with Gasteiger partial charge < -0.3 is 9.84 Å². The van der Waals surface area contributed by atoms with Crippen LogP contribution < -0.4 is 10.2 Å². The Morgan fingerprint density at radius 2 is 1.83 bits per heavy atom. The Bertz CT molecular complexity index is 744. The Hall–Kier alpha value is -2.82. The Labute approximate surface area is 135 Å². The third-order valence-corrected chi connectivity index (χ3v) is 3.49. The molecule has 0 aromatic heterocycles. The number of amides is 1. The number of carbonyl (C=O) groups is 1. The van der Waals surface area contributed by atoms with Crippen molar-refractivity contribution >= 4 is 12.1 Å². The number of rotatable bonds is 4. The minimum Gasteiger partial charge on any atom is -0.507 e. The van der Waals surface area contributed by atoms with Crippen molar-refractivity contribution in [3.8, 4) is 11.5 Å². The Morgan fingerprint density at radius 1 is 1.17 bits per heavy atom. The number of methoxy groups -OCH3 is 1. The number of aryl methyl sites for hydroxylation is 3. The number of benzene rings is 2. The second-order valence-electron chi connectivity index (χ2n) is 5.41. The molecule has 0 saturated carbocycles. The van der Waals surface area contributed by atoms with Crippen LogP contribution in [0, 0.1) is 20.8 Å². The third kappa shape index (κ3) is 3.88. The van der Waals surface area contributed by atoms with E-state index in [4.69, 9.17) is 4.74 Å². The van der Waals surface area contributed by atoms with Crippen LogP contribution in [0.1, 0.15) is 32.6 Å². The van der Waals surface area contributed by atoms with Crippen molar-refractivity contribution in [2.45, 2.75) is 20.8 Å². The molecular weight excluding hydrogens is 292 g/mol. The average molecular weight is 312 g/mol. The van der Waals surface area contributed by atoms with Crippen LogP contribution in [0.25, 0.3) is 0 Å². The molecule has 0 unspecified atom stereocenters. The van der Waals surface area contributed by atoms with E-state index in [2.05, 4.69) is 10.5 Å². The quantitative estimate of drug-likeness (QED) is 0.673. The highest BCUT2D eigenvalue weighted by Gasteiger charge is 2.11. The van der Waals surface area contributed by atoms with Gasteiger partial charge in [-0.2, -0.15) is 5.10 Å². The maximum Gasteiger partial charge on any atom is 0.275 e. The van der Waals surface area contributed by atoms with Crippen LogP contribution in [-0.2, 0) is 0 Å². The molecule has 0 atom stereocenters. The molecule has 2 aromatic rings. The van der Waals surface area contributed by atoms with Gasteiger partial charge in [0.1, 0.15) is 11.5 Å². The van der Waals surface area contributed by atoms with Crippen molar-refractivity contribution in [3.63, 3.8) is 0 Å². The summed E-state index contributed by atoms with van der Waals surface area (Å²) < 4.78 is 5.22. The van der Waals surface area contributed by atoms with Gasteiger partial charge >= 0.3 is 0 Å². The van der Waals surface area contributed by atoms with Gasteiger partial charge in [-0.25, -0.2) is 5.43 Å². The molecule has 0 saturated heterocycles. The lowest BCUT2D eigenvalue weighted by atomic mass is 10.1. The van der Waals surface area contributed by atoms with Gasteiger partial charge in [-0.3, -0.25) is 4.79 Å². The van der Waals surface area contributed by atoms with E-state index < -0.39 is 0 Å². The molecule has 23 heavy (non-hydrogen) atoms. The zero-order valence-electron chi connectivity index (χ0n) is 13.7. The highest BCUT2D eigenvalue weighted by Crippen LogP contribution is 2.22. The molecule has 2 N–H and O–H groups in total. The van der Waals surface area contributed by atoms with Gasteiger partial charge in [-0.15, -0.1) is 0 Å². The lowest BCUT2D eigenvalue weighted by molar-refractivity contribution is 0.0952. The van der Waals surface area contributed by atoms with Crippen LogP contribution in [0.5, 0.6) is 11.5 Å². The fraction of sp³-hybridized carbons (Fsp3) is 0.222. The standard InChI is InChI=1S/C18H20N2O3/c1-11-5-6-15(16(7-11)23-4)18(22)20-19-10-14-8-12(2)17(21)13(3)9-14/h5-10,21H,1-4H3,(H,20,22)/b19-10+. The number of hydrogen-bond donors (Lipinski definition) is 2. The summed E-state index contributed by atoms with van der Waals surface area (Å²) in [5.74, 6) is 0.440. The Kier molecular flexibility index (Phi) is 5.01. The Balaban J connectivity index is 2.13. The molecule has 0 aliphatic carbocycles. The van der Waals surface area contributed by atoms with E-state index in [1.165, 1.54) is 13.3 Å². The van der Waals surface area contributed by atoms with Crippen molar-refractivity contribution in [2.24, 2.45) is 5.10 Å². The lowest BCUT2D eigenvalue weighted by Gasteiger charge is -2.08. The summed E-state index contributed by atoms with van der Waals surface area (Å²) in [5.41, 5.74) is 6.24. The molecule has 0 heterocycles. The summed E-state index contributed by atoms with van der Waals surface area (Å²) in [6.07, 6.45) is 1.54. The van der Waals surface area contributed by atoms with Crippen LogP contribution in [-0.4, -0.2) is 24.3 Å². The molecule has 0 radical (unpaired) electrons. The monoisotopic (exact) mass is 312 g/mol. The maximum absolute atomic E-state index is 12.2. The van der Waals surface area contributed by atoms with E-state index in [1.807, 2.05) is 26.8 Å². The highest BCUT2D eigenvalue weighted by atomic mass is 16.5. The second-order valence-corrected chi connectivity index (χ2v) is 5.41. The molecule has 5 heteroatoms. The molecule has 0 fully saturated rings. The van der Waals surface area contributed by atoms with E-state index in [9.17, 15) is 9.90 Å². The number of hydrogen-bond acceptors (Lipinski definition) is 4. The molecule has 0 bridgehead atoms. The van der Waals surface area contributed by atoms with E-state index in [1.54, 1.807) is 24.3 Å². The molecule has 0 aliphatic heterocycles.